The van der Waals surface area contributed by atoms with E-state index in [9.17, 15) is 4.79 Å². The van der Waals surface area contributed by atoms with Gasteiger partial charge in [-0.05, 0) is 36.8 Å². The third-order valence-corrected chi connectivity index (χ3v) is 5.67. The fraction of sp³-hybridized carbons (Fsp3) is 0.450. The predicted octanol–water partition coefficient (Wildman–Crippen LogP) is 3.16. The van der Waals surface area contributed by atoms with Crippen molar-refractivity contribution >= 4 is 28.4 Å². The second-order valence-corrected chi connectivity index (χ2v) is 8.03. The third-order valence-electron chi connectivity index (χ3n) is 4.68. The summed E-state index contributed by atoms with van der Waals surface area (Å²) in [4.78, 5) is 15.7. The summed E-state index contributed by atoms with van der Waals surface area (Å²) in [5, 5.41) is 5.52. The van der Waals surface area contributed by atoms with E-state index in [1.54, 1.807) is 11.8 Å². The van der Waals surface area contributed by atoms with Crippen molar-refractivity contribution < 1.29 is 9.53 Å². The first-order valence-electron chi connectivity index (χ1n) is 8.76. The second-order valence-electron chi connectivity index (χ2n) is 6.99. The minimum atomic E-state index is -0.0486. The molecule has 4 nitrogen and oxygen atoms in total. The Morgan fingerprint density at radius 2 is 1.88 bits per heavy atom. The molecule has 5 heteroatoms. The minimum absolute atomic E-state index is 0.0486. The molecule has 1 aliphatic heterocycles. The third kappa shape index (κ3) is 4.97. The summed E-state index contributed by atoms with van der Waals surface area (Å²) < 4.78 is 5.41. The summed E-state index contributed by atoms with van der Waals surface area (Å²) >= 11 is 1.58. The van der Waals surface area contributed by atoms with Crippen LogP contribution in [0.2, 0.25) is 0 Å². The van der Waals surface area contributed by atoms with E-state index in [2.05, 4.69) is 54.4 Å². The molecule has 0 aromatic heterocycles. The molecule has 2 aromatic carbocycles. The molecule has 0 spiro atoms. The van der Waals surface area contributed by atoms with Crippen molar-refractivity contribution in [3.05, 3.63) is 42.5 Å². The van der Waals surface area contributed by atoms with Gasteiger partial charge < -0.3 is 10.1 Å². The largest absolute Gasteiger partial charge is 0.379 e. The molecule has 0 radical (unpaired) electrons. The molecule has 0 atom stereocenters. The van der Waals surface area contributed by atoms with Crippen LogP contribution in [0.15, 0.2) is 47.4 Å². The van der Waals surface area contributed by atoms with Crippen LogP contribution in [0.5, 0.6) is 0 Å². The van der Waals surface area contributed by atoms with E-state index >= 15 is 0 Å². The Morgan fingerprint density at radius 3 is 2.64 bits per heavy atom. The average molecular weight is 359 g/mol. The minimum Gasteiger partial charge on any atom is -0.379 e. The number of benzene rings is 2. The number of thioether (sulfide) groups is 1. The molecule has 1 N–H and O–H groups in total. The maximum absolute atomic E-state index is 12.2. The zero-order valence-corrected chi connectivity index (χ0v) is 15.8. The van der Waals surface area contributed by atoms with Crippen LogP contribution in [0, 0.1) is 0 Å². The lowest BCUT2D eigenvalue weighted by molar-refractivity contribution is -0.119. The molecule has 2 aromatic rings. The number of nitrogens with one attached hydrogen (secondary N) is 1. The van der Waals surface area contributed by atoms with Gasteiger partial charge in [0.25, 0.3) is 0 Å². The summed E-state index contributed by atoms with van der Waals surface area (Å²) in [6.07, 6.45) is 0. The first-order valence-corrected chi connectivity index (χ1v) is 9.74. The molecule has 1 amide bonds. The average Bonchev–Trinajstić information content (AvgIpc) is 2.65. The van der Waals surface area contributed by atoms with Gasteiger partial charge in [-0.3, -0.25) is 9.69 Å². The summed E-state index contributed by atoms with van der Waals surface area (Å²) in [7, 11) is 0. The van der Waals surface area contributed by atoms with Gasteiger partial charge in [-0.25, -0.2) is 0 Å². The quantitative estimate of drug-likeness (QED) is 0.806. The van der Waals surface area contributed by atoms with Crippen LogP contribution in [0.1, 0.15) is 13.8 Å². The Labute approximate surface area is 153 Å². The number of carbonyl (C=O) groups is 1. The maximum atomic E-state index is 12.2. The van der Waals surface area contributed by atoms with Crippen molar-refractivity contribution in [3.63, 3.8) is 0 Å². The van der Waals surface area contributed by atoms with Crippen molar-refractivity contribution in [1.82, 2.24) is 10.2 Å². The lowest BCUT2D eigenvalue weighted by atomic mass is 10.0. The first-order chi connectivity index (χ1) is 12.0. The Hall–Kier alpha value is -1.56. The summed E-state index contributed by atoms with van der Waals surface area (Å²) in [6.45, 7) is 8.40. The van der Waals surface area contributed by atoms with Gasteiger partial charge in [0.2, 0.25) is 5.91 Å². The molecular formula is C20H26N2O2S. The summed E-state index contributed by atoms with van der Waals surface area (Å²) in [5.74, 6) is 0.525. The monoisotopic (exact) mass is 358 g/mol. The highest BCUT2D eigenvalue weighted by Crippen LogP contribution is 2.23. The second kappa shape index (κ2) is 8.21. The Kier molecular flexibility index (Phi) is 5.99. The molecule has 1 heterocycles. The van der Waals surface area contributed by atoms with Crippen LogP contribution in [-0.4, -0.2) is 54.9 Å². The lowest BCUT2D eigenvalue weighted by Gasteiger charge is -2.40. The molecule has 1 aliphatic rings. The maximum Gasteiger partial charge on any atom is 0.230 e. The number of rotatable bonds is 6. The Bertz CT molecular complexity index is 726. The highest BCUT2D eigenvalue weighted by atomic mass is 32.2. The van der Waals surface area contributed by atoms with Gasteiger partial charge in [0.05, 0.1) is 19.0 Å². The molecule has 1 fully saturated rings. The standard InChI is InChI=1S/C20H26N2O2S/c1-20(2,22-9-11-24-12-10-22)15-21-19(23)14-25-18-8-7-16-5-3-4-6-17(16)13-18/h3-8,13H,9-12,14-15H2,1-2H3,(H,21,23). The number of carbonyl (C=O) groups excluding carboxylic acids is 1. The highest BCUT2D eigenvalue weighted by molar-refractivity contribution is 8.00. The molecule has 0 aliphatic carbocycles. The van der Waals surface area contributed by atoms with Crippen LogP contribution in [0.3, 0.4) is 0 Å². The van der Waals surface area contributed by atoms with Crippen molar-refractivity contribution in [2.75, 3.05) is 38.6 Å². The highest BCUT2D eigenvalue weighted by Gasteiger charge is 2.28. The van der Waals surface area contributed by atoms with Crippen LogP contribution < -0.4 is 5.32 Å². The molecular weight excluding hydrogens is 332 g/mol. The van der Waals surface area contributed by atoms with E-state index in [4.69, 9.17) is 4.74 Å². The van der Waals surface area contributed by atoms with Gasteiger partial charge in [0.1, 0.15) is 0 Å². The number of fused-ring (bicyclic) bond motifs is 1. The van der Waals surface area contributed by atoms with Crippen LogP contribution in [0.4, 0.5) is 0 Å². The number of amides is 1. The fourth-order valence-electron chi connectivity index (χ4n) is 3.05. The zero-order chi connectivity index (χ0) is 17.7. The molecule has 3 rings (SSSR count). The van der Waals surface area contributed by atoms with Crippen molar-refractivity contribution in [2.24, 2.45) is 0 Å². The van der Waals surface area contributed by atoms with E-state index in [-0.39, 0.29) is 11.4 Å². The van der Waals surface area contributed by atoms with Crippen LogP contribution in [0.25, 0.3) is 10.8 Å². The molecule has 1 saturated heterocycles. The predicted molar refractivity (Wildman–Crippen MR) is 104 cm³/mol. The summed E-state index contributed by atoms with van der Waals surface area (Å²) in [5.41, 5.74) is -0.0486. The van der Waals surface area contributed by atoms with E-state index < -0.39 is 0 Å². The van der Waals surface area contributed by atoms with Gasteiger partial charge in [-0.2, -0.15) is 0 Å². The number of hydrogen-bond acceptors (Lipinski definition) is 4. The number of hydrogen-bond donors (Lipinski definition) is 1. The summed E-state index contributed by atoms with van der Waals surface area (Å²) in [6, 6.07) is 14.6. The Morgan fingerprint density at radius 1 is 1.16 bits per heavy atom. The van der Waals surface area contributed by atoms with Gasteiger partial charge in [-0.15, -0.1) is 11.8 Å². The van der Waals surface area contributed by atoms with Gasteiger partial charge in [0, 0.05) is 30.1 Å². The molecule has 25 heavy (non-hydrogen) atoms. The SMILES string of the molecule is CC(C)(CNC(=O)CSc1ccc2ccccc2c1)N1CCOCC1. The van der Waals surface area contributed by atoms with E-state index in [0.717, 1.165) is 31.2 Å². The van der Waals surface area contributed by atoms with Crippen molar-refractivity contribution in [2.45, 2.75) is 24.3 Å². The van der Waals surface area contributed by atoms with E-state index in [1.165, 1.54) is 10.8 Å². The Balaban J connectivity index is 1.48. The first kappa shape index (κ1) is 18.2. The van der Waals surface area contributed by atoms with Crippen LogP contribution in [-0.2, 0) is 9.53 Å². The molecule has 0 bridgehead atoms. The topological polar surface area (TPSA) is 41.6 Å². The van der Waals surface area contributed by atoms with Crippen LogP contribution >= 0.6 is 11.8 Å². The fourth-order valence-corrected chi connectivity index (χ4v) is 3.83. The molecule has 0 unspecified atom stereocenters. The molecule has 134 valence electrons. The zero-order valence-electron chi connectivity index (χ0n) is 15.0. The van der Waals surface area contributed by atoms with Gasteiger partial charge in [-0.1, -0.05) is 30.3 Å². The number of ether oxygens (including phenoxy) is 1. The number of nitrogens with zero attached hydrogens (tertiary/aromatic N) is 1. The van der Waals surface area contributed by atoms with Gasteiger partial charge in [0.15, 0.2) is 0 Å². The van der Waals surface area contributed by atoms with Crippen molar-refractivity contribution in [1.29, 1.82) is 0 Å². The molecule has 0 saturated carbocycles. The van der Waals surface area contributed by atoms with E-state index in [1.807, 2.05) is 12.1 Å². The van der Waals surface area contributed by atoms with E-state index in [0.29, 0.717) is 12.3 Å². The van der Waals surface area contributed by atoms with Crippen molar-refractivity contribution in [3.8, 4) is 0 Å². The van der Waals surface area contributed by atoms with Gasteiger partial charge >= 0.3 is 0 Å². The lowest BCUT2D eigenvalue weighted by Crippen LogP contribution is -2.55. The normalized spacial score (nSPS) is 16.1. The number of morpholine rings is 1. The smallest absolute Gasteiger partial charge is 0.230 e.